The second-order valence-electron chi connectivity index (χ2n) is 14.9. The number of nitrogens with zero attached hydrogens (tertiary/aromatic N) is 2. The van der Waals surface area contributed by atoms with Crippen LogP contribution >= 0.6 is 0 Å². The lowest BCUT2D eigenvalue weighted by atomic mass is 9.84. The zero-order valence-corrected chi connectivity index (χ0v) is 32.7. The minimum absolute atomic E-state index is 0.0986. The Balaban J connectivity index is 1.34. The third-order valence-corrected chi connectivity index (χ3v) is 11.6. The number of hydrogen-bond acceptors (Lipinski definition) is 10. The number of hydrogen-bond donors (Lipinski definition) is 2. The molecule has 1 aromatic heterocycles. The molecule has 0 radical (unpaired) electrons. The minimum Gasteiger partial charge on any atom is -0.493 e. The van der Waals surface area contributed by atoms with Gasteiger partial charge in [0.2, 0.25) is 5.75 Å². The van der Waals surface area contributed by atoms with E-state index in [9.17, 15) is 5.11 Å². The van der Waals surface area contributed by atoms with Gasteiger partial charge in [-0.1, -0.05) is 18.2 Å². The zero-order valence-electron chi connectivity index (χ0n) is 32.7. The molecule has 0 saturated carbocycles. The predicted molar refractivity (Wildman–Crippen MR) is 211 cm³/mol. The van der Waals surface area contributed by atoms with E-state index in [-0.39, 0.29) is 18.7 Å². The fraction of sp³-hybridized carbons (Fsp3) is 0.378. The number of benzene rings is 4. The van der Waals surface area contributed by atoms with Crippen molar-refractivity contribution in [2.24, 2.45) is 0 Å². The number of ether oxygens (including phenoxy) is 5. The van der Waals surface area contributed by atoms with Crippen molar-refractivity contribution < 1.29 is 33.2 Å². The second kappa shape index (κ2) is 15.6. The first-order valence-electron chi connectivity index (χ1n) is 19.1. The summed E-state index contributed by atoms with van der Waals surface area (Å²) < 4.78 is 37.9. The van der Waals surface area contributed by atoms with Crippen LogP contribution < -0.4 is 29.0 Å². The van der Waals surface area contributed by atoms with Crippen LogP contribution in [0.3, 0.4) is 0 Å². The average molecular weight is 746 g/mol. The Bertz CT molecular complexity index is 2180. The van der Waals surface area contributed by atoms with E-state index in [0.29, 0.717) is 54.0 Å². The SMILES string of the molecule is COc1ccc2cc1Oc1ccc(cc1)C[C@H]1c3cc(c(CO)cc3CCN1C)Oc1c(OC)c(OC)c(CNCc3ccc(C)o3)c3c1[C@H](C2)N(C)CC3. The van der Waals surface area contributed by atoms with Crippen LogP contribution in [0.25, 0.3) is 0 Å². The Hall–Kier alpha value is -5.00. The summed E-state index contributed by atoms with van der Waals surface area (Å²) in [5.74, 6) is 6.21. The van der Waals surface area contributed by atoms with Crippen LogP contribution in [0.1, 0.15) is 68.1 Å². The van der Waals surface area contributed by atoms with E-state index in [0.717, 1.165) is 71.9 Å². The van der Waals surface area contributed by atoms with E-state index in [1.165, 1.54) is 22.3 Å². The Morgan fingerprint density at radius 1 is 0.764 bits per heavy atom. The molecule has 5 heterocycles. The molecule has 55 heavy (non-hydrogen) atoms. The fourth-order valence-electron chi connectivity index (χ4n) is 8.64. The highest BCUT2D eigenvalue weighted by Gasteiger charge is 2.37. The molecule has 288 valence electrons. The minimum atomic E-state index is -0.154. The fourth-order valence-corrected chi connectivity index (χ4v) is 8.64. The molecular formula is C45H51N3O7. The van der Waals surface area contributed by atoms with Gasteiger partial charge in [-0.05, 0) is 123 Å². The van der Waals surface area contributed by atoms with E-state index >= 15 is 0 Å². The van der Waals surface area contributed by atoms with Gasteiger partial charge in [-0.15, -0.1) is 0 Å². The Morgan fingerprint density at radius 3 is 2.24 bits per heavy atom. The van der Waals surface area contributed by atoms with Crippen molar-refractivity contribution in [2.45, 2.75) is 64.4 Å². The first-order chi connectivity index (χ1) is 26.8. The molecule has 4 aliphatic rings. The van der Waals surface area contributed by atoms with Crippen molar-refractivity contribution in [2.75, 3.05) is 48.5 Å². The molecule has 9 rings (SSSR count). The third kappa shape index (κ3) is 7.15. The highest BCUT2D eigenvalue weighted by molar-refractivity contribution is 5.67. The van der Waals surface area contributed by atoms with Crippen LogP contribution in [0.2, 0.25) is 0 Å². The highest BCUT2D eigenvalue weighted by atomic mass is 16.5. The molecule has 0 fully saturated rings. The molecule has 10 nitrogen and oxygen atoms in total. The summed E-state index contributed by atoms with van der Waals surface area (Å²) in [6, 6.07) is 22.8. The first kappa shape index (κ1) is 36.9. The summed E-state index contributed by atoms with van der Waals surface area (Å²) in [7, 11) is 9.38. The largest absolute Gasteiger partial charge is 0.493 e. The monoisotopic (exact) mass is 745 g/mol. The topological polar surface area (TPSA) is 98.0 Å². The Kier molecular flexibility index (Phi) is 10.5. The normalized spacial score (nSPS) is 18.1. The summed E-state index contributed by atoms with van der Waals surface area (Å²) >= 11 is 0. The van der Waals surface area contributed by atoms with E-state index < -0.39 is 0 Å². The van der Waals surface area contributed by atoms with Gasteiger partial charge in [0.05, 0.1) is 34.5 Å². The Labute approximate surface area is 323 Å². The van der Waals surface area contributed by atoms with Crippen LogP contribution in [0.5, 0.6) is 40.2 Å². The van der Waals surface area contributed by atoms with Crippen LogP contribution in [-0.4, -0.2) is 63.4 Å². The van der Waals surface area contributed by atoms with Crippen LogP contribution in [0.4, 0.5) is 0 Å². The first-order valence-corrected chi connectivity index (χ1v) is 19.1. The van der Waals surface area contributed by atoms with Gasteiger partial charge in [-0.3, -0.25) is 9.80 Å². The number of aliphatic hydroxyl groups is 1. The number of furan rings is 1. The molecular weight excluding hydrogens is 695 g/mol. The van der Waals surface area contributed by atoms with Crippen molar-refractivity contribution in [1.82, 2.24) is 15.1 Å². The van der Waals surface area contributed by atoms with Crippen LogP contribution in [-0.2, 0) is 45.4 Å². The highest BCUT2D eigenvalue weighted by Crippen LogP contribution is 2.53. The number of aliphatic hydroxyl groups excluding tert-OH is 1. The summed E-state index contributed by atoms with van der Waals surface area (Å²) in [5.41, 5.74) is 8.70. The molecule has 4 aliphatic heterocycles. The van der Waals surface area contributed by atoms with Crippen molar-refractivity contribution in [3.05, 3.63) is 123 Å². The number of fused-ring (bicyclic) bond motifs is 2. The summed E-state index contributed by atoms with van der Waals surface area (Å²) in [6.07, 6.45) is 3.14. The molecule has 2 atom stereocenters. The van der Waals surface area contributed by atoms with E-state index in [1.54, 1.807) is 21.3 Å². The van der Waals surface area contributed by atoms with Crippen molar-refractivity contribution >= 4 is 0 Å². The van der Waals surface area contributed by atoms with Gasteiger partial charge in [0.1, 0.15) is 23.0 Å². The molecule has 6 bridgehead atoms. The molecule has 5 aromatic rings. The number of nitrogens with one attached hydrogen (secondary N) is 1. The van der Waals surface area contributed by atoms with Gasteiger partial charge >= 0.3 is 0 Å². The molecule has 0 amide bonds. The number of aryl methyl sites for hydroxylation is 1. The molecule has 0 aliphatic carbocycles. The van der Waals surface area contributed by atoms with Crippen molar-refractivity contribution in [3.63, 3.8) is 0 Å². The van der Waals surface area contributed by atoms with Crippen LogP contribution in [0, 0.1) is 6.92 Å². The van der Waals surface area contributed by atoms with E-state index in [2.05, 4.69) is 65.6 Å². The summed E-state index contributed by atoms with van der Waals surface area (Å²) in [5, 5.41) is 14.4. The standard InChI is InChI=1S/C45H51N3O7/c1-27-7-11-33(53-27)24-46-25-36-34-16-18-48(3)38-20-29-10-14-39(50-4)41(21-29)54-32-12-8-28(9-13-32)19-37-35-23-40(31(26-49)22-30(35)15-17-47(37)2)55-44(42(34)38)45(52-6)43(36)51-5/h7-14,21-23,37-38,46,49H,15-20,24-26H2,1-6H3/t37-,38-/m0/s1. The van der Waals surface area contributed by atoms with Gasteiger partial charge < -0.3 is 38.5 Å². The molecule has 0 unspecified atom stereocenters. The summed E-state index contributed by atoms with van der Waals surface area (Å²) in [4.78, 5) is 4.79. The van der Waals surface area contributed by atoms with Crippen molar-refractivity contribution in [3.8, 4) is 40.2 Å². The van der Waals surface area contributed by atoms with Crippen LogP contribution in [0.15, 0.2) is 71.1 Å². The van der Waals surface area contributed by atoms with Gasteiger partial charge in [0.25, 0.3) is 0 Å². The number of rotatable bonds is 8. The second-order valence-corrected chi connectivity index (χ2v) is 14.9. The lowest BCUT2D eigenvalue weighted by Crippen LogP contribution is -2.35. The van der Waals surface area contributed by atoms with Crippen molar-refractivity contribution in [1.29, 1.82) is 0 Å². The maximum absolute atomic E-state index is 10.8. The molecule has 10 heteroatoms. The van der Waals surface area contributed by atoms with Gasteiger partial charge in [0, 0.05) is 48.4 Å². The lowest BCUT2D eigenvalue weighted by Gasteiger charge is -2.38. The smallest absolute Gasteiger partial charge is 0.204 e. The van der Waals surface area contributed by atoms with E-state index in [1.807, 2.05) is 37.3 Å². The molecule has 0 spiro atoms. The van der Waals surface area contributed by atoms with Gasteiger partial charge in [0.15, 0.2) is 23.0 Å². The summed E-state index contributed by atoms with van der Waals surface area (Å²) in [6.45, 7) is 4.65. The van der Waals surface area contributed by atoms with E-state index in [4.69, 9.17) is 28.1 Å². The maximum atomic E-state index is 10.8. The molecule has 4 aromatic carbocycles. The molecule has 0 saturated heterocycles. The average Bonchev–Trinajstić information content (AvgIpc) is 3.61. The zero-order chi connectivity index (χ0) is 38.2. The quantitative estimate of drug-likeness (QED) is 0.164. The van der Waals surface area contributed by atoms with Gasteiger partial charge in [-0.2, -0.15) is 0 Å². The number of methoxy groups -OCH3 is 3. The number of likely N-dealkylation sites (N-methyl/N-ethyl adjacent to an activating group) is 2. The predicted octanol–water partition coefficient (Wildman–Crippen LogP) is 7.84. The molecule has 2 N–H and O–H groups in total. The van der Waals surface area contributed by atoms with Gasteiger partial charge in [-0.25, -0.2) is 0 Å². The third-order valence-electron chi connectivity index (χ3n) is 11.6. The Morgan fingerprint density at radius 2 is 1.51 bits per heavy atom. The maximum Gasteiger partial charge on any atom is 0.204 e. The lowest BCUT2D eigenvalue weighted by molar-refractivity contribution is 0.219.